The molecule has 3 aromatic rings. The van der Waals surface area contributed by atoms with Crippen LogP contribution >= 0.6 is 11.3 Å². The Labute approximate surface area is 168 Å². The number of thiazole rings is 1. The van der Waals surface area contributed by atoms with Crippen molar-refractivity contribution in [1.29, 1.82) is 0 Å². The highest BCUT2D eigenvalue weighted by Crippen LogP contribution is 2.29. The van der Waals surface area contributed by atoms with Crippen molar-refractivity contribution in [3.63, 3.8) is 0 Å². The number of nitrogens with zero attached hydrogens (tertiary/aromatic N) is 2. The molecule has 4 nitrogen and oxygen atoms in total. The summed E-state index contributed by atoms with van der Waals surface area (Å²) in [6.45, 7) is 2.32. The summed E-state index contributed by atoms with van der Waals surface area (Å²) in [6.07, 6.45) is 0.272. The molecular formula is C22H22FN3OS. The average Bonchev–Trinajstić information content (AvgIpc) is 3.32. The van der Waals surface area contributed by atoms with Crippen LogP contribution in [0.25, 0.3) is 0 Å². The summed E-state index contributed by atoms with van der Waals surface area (Å²) in [7, 11) is 0. The summed E-state index contributed by atoms with van der Waals surface area (Å²) in [5, 5.41) is 5.05. The molecule has 28 heavy (non-hydrogen) atoms. The van der Waals surface area contributed by atoms with Gasteiger partial charge in [0.25, 0.3) is 0 Å². The van der Waals surface area contributed by atoms with Gasteiger partial charge in [0.2, 0.25) is 5.91 Å². The quantitative estimate of drug-likeness (QED) is 0.694. The number of carbonyl (C=O) groups excluding carboxylic acids is 1. The second-order valence-electron chi connectivity index (χ2n) is 7.17. The summed E-state index contributed by atoms with van der Waals surface area (Å²) < 4.78 is 13.8. The third-order valence-corrected chi connectivity index (χ3v) is 5.73. The van der Waals surface area contributed by atoms with Crippen molar-refractivity contribution in [2.75, 3.05) is 13.1 Å². The molecule has 144 valence electrons. The first-order chi connectivity index (χ1) is 13.7. The van der Waals surface area contributed by atoms with Crippen molar-refractivity contribution in [3.05, 3.63) is 88.1 Å². The van der Waals surface area contributed by atoms with Gasteiger partial charge in [0.1, 0.15) is 5.82 Å². The molecule has 0 saturated carbocycles. The number of rotatable bonds is 6. The number of halogens is 1. The molecule has 0 unspecified atom stereocenters. The van der Waals surface area contributed by atoms with Crippen molar-refractivity contribution in [2.45, 2.75) is 24.9 Å². The maximum Gasteiger partial charge on any atom is 0.226 e. The van der Waals surface area contributed by atoms with Crippen molar-refractivity contribution >= 4 is 17.2 Å². The van der Waals surface area contributed by atoms with E-state index in [0.717, 1.165) is 30.9 Å². The minimum absolute atomic E-state index is 0.0427. The lowest BCUT2D eigenvalue weighted by atomic mass is 9.94. The van der Waals surface area contributed by atoms with E-state index in [9.17, 15) is 9.18 Å². The lowest BCUT2D eigenvalue weighted by molar-refractivity contribution is -0.121. The van der Waals surface area contributed by atoms with Crippen molar-refractivity contribution in [2.24, 2.45) is 0 Å². The van der Waals surface area contributed by atoms with E-state index in [-0.39, 0.29) is 30.1 Å². The third kappa shape index (κ3) is 4.64. The topological polar surface area (TPSA) is 45.2 Å². The Morgan fingerprint density at radius 2 is 2.04 bits per heavy atom. The number of nitrogens with one attached hydrogen (secondary N) is 1. The third-order valence-electron chi connectivity index (χ3n) is 5.09. The van der Waals surface area contributed by atoms with Crippen molar-refractivity contribution in [1.82, 2.24) is 15.2 Å². The Morgan fingerprint density at radius 1 is 1.18 bits per heavy atom. The molecule has 6 heteroatoms. The molecule has 2 heterocycles. The van der Waals surface area contributed by atoms with Gasteiger partial charge < -0.3 is 5.32 Å². The summed E-state index contributed by atoms with van der Waals surface area (Å²) in [6, 6.07) is 16.9. The Bertz CT molecular complexity index is 917. The molecule has 1 aliphatic rings. The molecule has 0 bridgehead atoms. The molecule has 1 N–H and O–H groups in total. The zero-order valence-electron chi connectivity index (χ0n) is 15.4. The van der Waals surface area contributed by atoms with E-state index in [4.69, 9.17) is 0 Å². The normalized spacial score (nSPS) is 19.6. The fraction of sp³-hybridized carbons (Fsp3) is 0.273. The number of hydrogen-bond donors (Lipinski definition) is 1. The molecule has 2 aromatic carbocycles. The second-order valence-corrected chi connectivity index (χ2v) is 7.89. The predicted molar refractivity (Wildman–Crippen MR) is 109 cm³/mol. The van der Waals surface area contributed by atoms with Gasteiger partial charge in [0.15, 0.2) is 0 Å². The maximum atomic E-state index is 13.8. The summed E-state index contributed by atoms with van der Waals surface area (Å²) in [5.41, 5.74) is 4.67. The number of carbonyl (C=O) groups is 1. The maximum absolute atomic E-state index is 13.8. The molecule has 4 rings (SSSR count). The van der Waals surface area contributed by atoms with Crippen LogP contribution < -0.4 is 5.32 Å². The Balaban J connectivity index is 1.49. The van der Waals surface area contributed by atoms with E-state index in [0.29, 0.717) is 0 Å². The minimum Gasteiger partial charge on any atom is -0.351 e. The van der Waals surface area contributed by atoms with E-state index in [2.05, 4.69) is 27.3 Å². The average molecular weight is 396 g/mol. The van der Waals surface area contributed by atoms with Gasteiger partial charge in [-0.3, -0.25) is 9.69 Å². The van der Waals surface area contributed by atoms with Crippen LogP contribution in [0, 0.1) is 5.82 Å². The molecule has 1 amide bonds. The van der Waals surface area contributed by atoms with E-state index in [1.165, 1.54) is 23.0 Å². The molecule has 1 saturated heterocycles. The highest BCUT2D eigenvalue weighted by molar-refractivity contribution is 7.07. The monoisotopic (exact) mass is 395 g/mol. The molecule has 2 atom stereocenters. The highest BCUT2D eigenvalue weighted by Gasteiger charge is 2.35. The standard InChI is InChI=1S/C22H22FN3OS/c23-18-8-4-7-17(9-18)20-12-26(11-16-5-2-1-3-6-16)13-21(20)25-22(27)10-19-14-28-15-24-19/h1-9,14-15,20-21H,10-13H2,(H,25,27)/t20-,21+/m0/s1. The number of aromatic nitrogens is 1. The Morgan fingerprint density at radius 3 is 2.79 bits per heavy atom. The number of amides is 1. The highest BCUT2D eigenvalue weighted by atomic mass is 32.1. The van der Waals surface area contributed by atoms with Crippen LogP contribution in [0.5, 0.6) is 0 Å². The van der Waals surface area contributed by atoms with Crippen molar-refractivity contribution < 1.29 is 9.18 Å². The number of benzene rings is 2. The lowest BCUT2D eigenvalue weighted by Crippen LogP contribution is -2.40. The molecule has 1 aromatic heterocycles. The van der Waals surface area contributed by atoms with E-state index in [1.807, 2.05) is 29.6 Å². The fourth-order valence-electron chi connectivity index (χ4n) is 3.82. The van der Waals surface area contributed by atoms with Crippen LogP contribution in [-0.2, 0) is 17.8 Å². The molecule has 0 spiro atoms. The molecule has 1 aliphatic heterocycles. The lowest BCUT2D eigenvalue weighted by Gasteiger charge is -2.20. The first kappa shape index (κ1) is 18.8. The molecular weight excluding hydrogens is 373 g/mol. The van der Waals surface area contributed by atoms with Gasteiger partial charge in [0, 0.05) is 37.0 Å². The Kier molecular flexibility index (Phi) is 5.78. The smallest absolute Gasteiger partial charge is 0.226 e. The van der Waals surface area contributed by atoms with Gasteiger partial charge in [-0.05, 0) is 23.3 Å². The largest absolute Gasteiger partial charge is 0.351 e. The van der Waals surface area contributed by atoms with Crippen LogP contribution in [0.3, 0.4) is 0 Å². The molecule has 0 aliphatic carbocycles. The molecule has 0 radical (unpaired) electrons. The van der Waals surface area contributed by atoms with Crippen LogP contribution in [0.1, 0.15) is 22.7 Å². The summed E-state index contributed by atoms with van der Waals surface area (Å²) in [5.74, 6) is -0.232. The Hall–Kier alpha value is -2.57. The van der Waals surface area contributed by atoms with Gasteiger partial charge >= 0.3 is 0 Å². The zero-order chi connectivity index (χ0) is 19.3. The van der Waals surface area contributed by atoms with Gasteiger partial charge in [0.05, 0.1) is 17.6 Å². The van der Waals surface area contributed by atoms with Gasteiger partial charge in [-0.1, -0.05) is 42.5 Å². The SMILES string of the molecule is O=C(Cc1cscn1)N[C@@H]1CN(Cc2ccccc2)C[C@H]1c1cccc(F)c1. The first-order valence-electron chi connectivity index (χ1n) is 9.35. The van der Waals surface area contributed by atoms with Gasteiger partial charge in [-0.25, -0.2) is 9.37 Å². The van der Waals surface area contributed by atoms with E-state index < -0.39 is 0 Å². The zero-order valence-corrected chi connectivity index (χ0v) is 16.2. The van der Waals surface area contributed by atoms with Crippen LogP contribution in [0.2, 0.25) is 0 Å². The van der Waals surface area contributed by atoms with E-state index >= 15 is 0 Å². The minimum atomic E-state index is -0.244. The number of likely N-dealkylation sites (tertiary alicyclic amines) is 1. The van der Waals surface area contributed by atoms with Crippen LogP contribution in [0.4, 0.5) is 4.39 Å². The fourth-order valence-corrected chi connectivity index (χ4v) is 4.38. The summed E-state index contributed by atoms with van der Waals surface area (Å²) in [4.78, 5) is 19.0. The van der Waals surface area contributed by atoms with Crippen LogP contribution in [-0.4, -0.2) is 34.9 Å². The number of hydrogen-bond acceptors (Lipinski definition) is 4. The van der Waals surface area contributed by atoms with Gasteiger partial charge in [-0.15, -0.1) is 11.3 Å². The predicted octanol–water partition coefficient (Wildman–Crippen LogP) is 3.61. The molecule has 1 fully saturated rings. The van der Waals surface area contributed by atoms with Crippen molar-refractivity contribution in [3.8, 4) is 0 Å². The summed E-state index contributed by atoms with van der Waals surface area (Å²) >= 11 is 1.48. The van der Waals surface area contributed by atoms with Gasteiger partial charge in [-0.2, -0.15) is 0 Å². The van der Waals surface area contributed by atoms with Crippen LogP contribution in [0.15, 0.2) is 65.5 Å². The second kappa shape index (κ2) is 8.63. The first-order valence-corrected chi connectivity index (χ1v) is 10.3. The van der Waals surface area contributed by atoms with E-state index in [1.54, 1.807) is 17.6 Å².